The van der Waals surface area contributed by atoms with Crippen LogP contribution in [0.5, 0.6) is 5.75 Å². The van der Waals surface area contributed by atoms with Crippen LogP contribution in [-0.2, 0) is 20.7 Å². The van der Waals surface area contributed by atoms with Gasteiger partial charge in [-0.2, -0.15) is 0 Å². The van der Waals surface area contributed by atoms with Crippen LogP contribution in [-0.4, -0.2) is 46.1 Å². The highest BCUT2D eigenvalue weighted by molar-refractivity contribution is 6.34. The first-order valence-electron chi connectivity index (χ1n) is 16.5. The van der Waals surface area contributed by atoms with Gasteiger partial charge in [0.15, 0.2) is 0 Å². The zero-order chi connectivity index (χ0) is 34.6. The lowest BCUT2D eigenvalue weighted by molar-refractivity contribution is -0.141. The lowest BCUT2D eigenvalue weighted by Gasteiger charge is -2.35. The first kappa shape index (κ1) is 37.4. The van der Waals surface area contributed by atoms with Gasteiger partial charge < -0.3 is 25.4 Å². The van der Waals surface area contributed by atoms with Crippen molar-refractivity contribution in [2.75, 3.05) is 11.9 Å². The van der Waals surface area contributed by atoms with Gasteiger partial charge in [0.2, 0.25) is 5.91 Å². The number of benzene rings is 3. The molecule has 0 spiro atoms. The molecule has 0 fully saturated rings. The molecule has 3 rings (SSSR count). The predicted molar refractivity (Wildman–Crippen MR) is 189 cm³/mol. The summed E-state index contributed by atoms with van der Waals surface area (Å²) in [5.74, 6) is -1.08. The van der Waals surface area contributed by atoms with E-state index < -0.39 is 35.6 Å². The van der Waals surface area contributed by atoms with E-state index in [0.29, 0.717) is 22.7 Å². The fraction of sp³-hybridized carbons (Fsp3) is 0.447. The number of hydrogen-bond acceptors (Lipinski definition) is 5. The molecule has 254 valence electrons. The van der Waals surface area contributed by atoms with Crippen LogP contribution in [0.3, 0.4) is 0 Å². The summed E-state index contributed by atoms with van der Waals surface area (Å²) in [6.07, 6.45) is 5.22. The van der Waals surface area contributed by atoms with Gasteiger partial charge in [0.05, 0.1) is 10.7 Å². The second kappa shape index (κ2) is 17.8. The number of carbonyl (C=O) groups excluding carboxylic acids is 3. The van der Waals surface area contributed by atoms with E-state index in [1.807, 2.05) is 43.3 Å². The monoisotopic (exact) mass is 663 g/mol. The number of halogens is 1. The number of anilines is 1. The molecule has 3 aromatic rings. The molecule has 0 aromatic heterocycles. The minimum absolute atomic E-state index is 0.0796. The quantitative estimate of drug-likeness (QED) is 0.141. The number of nitrogens with one attached hydrogen (secondary N) is 2. The zero-order valence-corrected chi connectivity index (χ0v) is 29.3. The predicted octanol–water partition coefficient (Wildman–Crippen LogP) is 8.67. The number of phenols is 1. The van der Waals surface area contributed by atoms with E-state index in [9.17, 15) is 19.5 Å². The Morgan fingerprint density at radius 3 is 2.17 bits per heavy atom. The number of unbranched alkanes of at least 4 members (excludes halogenated alkanes) is 5. The highest BCUT2D eigenvalue weighted by atomic mass is 35.5. The number of alkyl carbamates (subject to hydrolysis) is 1. The molecule has 9 heteroatoms. The molecule has 0 aliphatic rings. The number of hydrogen-bond donors (Lipinski definition) is 3. The van der Waals surface area contributed by atoms with Crippen molar-refractivity contribution >= 4 is 35.2 Å². The maximum atomic E-state index is 14.8. The van der Waals surface area contributed by atoms with Crippen LogP contribution in [0.2, 0.25) is 5.02 Å². The second-order valence-corrected chi connectivity index (χ2v) is 13.4. The molecule has 47 heavy (non-hydrogen) atoms. The van der Waals surface area contributed by atoms with E-state index in [1.54, 1.807) is 58.0 Å². The van der Waals surface area contributed by atoms with Crippen LogP contribution < -0.4 is 10.6 Å². The highest BCUT2D eigenvalue weighted by Crippen LogP contribution is 2.35. The highest BCUT2D eigenvalue weighted by Gasteiger charge is 2.38. The van der Waals surface area contributed by atoms with Gasteiger partial charge in [-0.05, 0) is 63.8 Å². The largest absolute Gasteiger partial charge is 0.507 e. The number of phenolic OH excluding ortho intramolecular Hbond substituents is 1. The van der Waals surface area contributed by atoms with Gasteiger partial charge in [0.1, 0.15) is 23.4 Å². The molecular weight excluding hydrogens is 614 g/mol. The molecule has 2 atom stereocenters. The Balaban J connectivity index is 2.12. The minimum Gasteiger partial charge on any atom is -0.507 e. The van der Waals surface area contributed by atoms with Crippen molar-refractivity contribution in [1.29, 1.82) is 0 Å². The number of aromatic hydroxyl groups is 1. The number of aryl methyl sites for hydroxylation is 2. The summed E-state index contributed by atoms with van der Waals surface area (Å²) in [4.78, 5) is 43.8. The summed E-state index contributed by atoms with van der Waals surface area (Å²) < 4.78 is 5.55. The van der Waals surface area contributed by atoms with Crippen LogP contribution in [0, 0.1) is 13.8 Å². The molecule has 0 saturated carbocycles. The molecule has 0 heterocycles. The second-order valence-electron chi connectivity index (χ2n) is 13.0. The van der Waals surface area contributed by atoms with Crippen LogP contribution in [0.25, 0.3) is 0 Å². The van der Waals surface area contributed by atoms with Crippen molar-refractivity contribution in [3.63, 3.8) is 0 Å². The van der Waals surface area contributed by atoms with Gasteiger partial charge >= 0.3 is 6.09 Å². The molecule has 0 aliphatic heterocycles. The third-order valence-electron chi connectivity index (χ3n) is 7.90. The minimum atomic E-state index is -1.23. The van der Waals surface area contributed by atoms with E-state index in [0.717, 1.165) is 43.2 Å². The third-order valence-corrected chi connectivity index (χ3v) is 8.22. The summed E-state index contributed by atoms with van der Waals surface area (Å²) in [5, 5.41) is 17.4. The number of rotatable bonds is 15. The van der Waals surface area contributed by atoms with Crippen LogP contribution >= 0.6 is 11.6 Å². The van der Waals surface area contributed by atoms with Crippen molar-refractivity contribution in [2.24, 2.45) is 0 Å². The number of ether oxygens (including phenoxy) is 1. The van der Waals surface area contributed by atoms with Crippen molar-refractivity contribution in [3.05, 3.63) is 94.0 Å². The van der Waals surface area contributed by atoms with E-state index in [-0.39, 0.29) is 24.3 Å². The van der Waals surface area contributed by atoms with Crippen LogP contribution in [0.15, 0.2) is 66.7 Å². The van der Waals surface area contributed by atoms with Crippen molar-refractivity contribution < 1.29 is 24.2 Å². The first-order valence-corrected chi connectivity index (χ1v) is 16.9. The fourth-order valence-electron chi connectivity index (χ4n) is 5.46. The van der Waals surface area contributed by atoms with Crippen molar-refractivity contribution in [1.82, 2.24) is 10.2 Å². The SMILES string of the molecule is CCCCCCCCN(C(=O)C(Cc1ccccc1)NC(=O)OC(C)(C)C)C(C(=O)Nc1c(C)cccc1Cl)c1cccc(C)c1O. The molecule has 8 nitrogen and oxygen atoms in total. The van der Waals surface area contributed by atoms with Gasteiger partial charge in [-0.3, -0.25) is 9.59 Å². The maximum absolute atomic E-state index is 14.8. The Morgan fingerprint density at radius 1 is 0.872 bits per heavy atom. The maximum Gasteiger partial charge on any atom is 0.408 e. The molecule has 0 radical (unpaired) electrons. The topological polar surface area (TPSA) is 108 Å². The molecule has 0 bridgehead atoms. The fourth-order valence-corrected chi connectivity index (χ4v) is 5.73. The zero-order valence-electron chi connectivity index (χ0n) is 28.6. The lowest BCUT2D eigenvalue weighted by atomic mass is 9.97. The average Bonchev–Trinajstić information content (AvgIpc) is 3.01. The van der Waals surface area contributed by atoms with Crippen LogP contribution in [0.1, 0.15) is 94.5 Å². The summed E-state index contributed by atoms with van der Waals surface area (Å²) in [6, 6.07) is 17.5. The summed E-state index contributed by atoms with van der Waals surface area (Å²) in [5.41, 5.74) is 2.06. The number of nitrogens with zero attached hydrogens (tertiary/aromatic N) is 1. The Kier molecular flexibility index (Phi) is 14.1. The van der Waals surface area contributed by atoms with Gasteiger partial charge in [0.25, 0.3) is 5.91 Å². The molecule has 2 unspecified atom stereocenters. The molecule has 0 saturated heterocycles. The third kappa shape index (κ3) is 11.3. The number of amides is 3. The van der Waals surface area contributed by atoms with E-state index >= 15 is 0 Å². The van der Waals surface area contributed by atoms with E-state index in [1.165, 1.54) is 4.90 Å². The number of carbonyl (C=O) groups is 3. The van der Waals surface area contributed by atoms with E-state index in [2.05, 4.69) is 17.6 Å². The van der Waals surface area contributed by atoms with E-state index in [4.69, 9.17) is 16.3 Å². The molecule has 3 aromatic carbocycles. The Hall–Kier alpha value is -4.04. The Labute approximate surface area is 284 Å². The van der Waals surface area contributed by atoms with Crippen molar-refractivity contribution in [3.8, 4) is 5.75 Å². The van der Waals surface area contributed by atoms with Gasteiger partial charge in [0, 0.05) is 18.5 Å². The summed E-state index contributed by atoms with van der Waals surface area (Å²) in [7, 11) is 0. The van der Waals surface area contributed by atoms with Gasteiger partial charge in [-0.1, -0.05) is 111 Å². The smallest absolute Gasteiger partial charge is 0.408 e. The molecule has 3 amide bonds. The molecule has 0 aliphatic carbocycles. The molecule has 3 N–H and O–H groups in total. The van der Waals surface area contributed by atoms with Gasteiger partial charge in [-0.15, -0.1) is 0 Å². The standard InChI is InChI=1S/C38H50ClN3O5/c1-7-8-9-10-11-15-24-42(36(45)31(25-28-20-13-12-14-21-28)40-37(46)47-38(4,5)6)33(29-22-16-19-27(3)34(29)43)35(44)41-32-26(2)18-17-23-30(32)39/h12-14,16-23,31,33,43H,7-11,15,24-25H2,1-6H3,(H,40,46)(H,41,44). The normalized spacial score (nSPS) is 12.6. The van der Waals surface area contributed by atoms with Crippen LogP contribution in [0.4, 0.5) is 10.5 Å². The van der Waals surface area contributed by atoms with Crippen molar-refractivity contribution in [2.45, 2.75) is 104 Å². The molecular formula is C38H50ClN3O5. The Bertz CT molecular complexity index is 1470. The van der Waals surface area contributed by atoms with Gasteiger partial charge in [-0.25, -0.2) is 4.79 Å². The Morgan fingerprint density at radius 2 is 1.51 bits per heavy atom. The summed E-state index contributed by atoms with van der Waals surface area (Å²) in [6.45, 7) is 11.2. The number of para-hydroxylation sites is 2. The first-order chi connectivity index (χ1) is 22.3. The average molecular weight is 664 g/mol. The lowest BCUT2D eigenvalue weighted by Crippen LogP contribution is -2.53. The summed E-state index contributed by atoms with van der Waals surface area (Å²) >= 11 is 6.51.